The molecule has 0 aromatic carbocycles. The van der Waals surface area contributed by atoms with Crippen LogP contribution in [-0.2, 0) is 9.57 Å². The van der Waals surface area contributed by atoms with Gasteiger partial charge in [-0.15, -0.1) is 5.06 Å². The van der Waals surface area contributed by atoms with Gasteiger partial charge in [-0.05, 0) is 6.92 Å². The summed E-state index contributed by atoms with van der Waals surface area (Å²) in [5, 5.41) is 0.955. The summed E-state index contributed by atoms with van der Waals surface area (Å²) in [6, 6.07) is 0. The number of amides is 1. The first-order chi connectivity index (χ1) is 4.72. The van der Waals surface area contributed by atoms with Crippen LogP contribution in [0.4, 0.5) is 4.79 Å². The molecule has 4 heteroatoms. The van der Waals surface area contributed by atoms with Crippen molar-refractivity contribution in [2.75, 3.05) is 13.7 Å². The van der Waals surface area contributed by atoms with Gasteiger partial charge in [0, 0.05) is 0 Å². The van der Waals surface area contributed by atoms with E-state index in [9.17, 15) is 4.79 Å². The van der Waals surface area contributed by atoms with E-state index in [0.717, 1.165) is 11.3 Å². The van der Waals surface area contributed by atoms with Crippen LogP contribution in [0.25, 0.3) is 0 Å². The fourth-order valence-corrected chi connectivity index (χ4v) is 0.369. The normalized spacial score (nSPS) is 8.20. The van der Waals surface area contributed by atoms with Gasteiger partial charge in [0.1, 0.15) is 6.26 Å². The van der Waals surface area contributed by atoms with E-state index in [2.05, 4.69) is 16.2 Å². The first kappa shape index (κ1) is 8.81. The molecule has 0 aromatic rings. The van der Waals surface area contributed by atoms with Crippen LogP contribution in [0.3, 0.4) is 0 Å². The van der Waals surface area contributed by atoms with Gasteiger partial charge in [-0.25, -0.2) is 4.79 Å². The number of rotatable bonds is 3. The maximum atomic E-state index is 10.7. The van der Waals surface area contributed by atoms with Crippen molar-refractivity contribution >= 4 is 6.09 Å². The molecule has 0 bridgehead atoms. The maximum Gasteiger partial charge on any atom is 0.442 e. The Labute approximate surface area is 60.0 Å². The van der Waals surface area contributed by atoms with Gasteiger partial charge in [0.25, 0.3) is 0 Å². The molecule has 0 saturated carbocycles. The van der Waals surface area contributed by atoms with Gasteiger partial charge in [-0.3, -0.25) is 0 Å². The first-order valence-electron chi connectivity index (χ1n) is 2.90. The zero-order valence-corrected chi connectivity index (χ0v) is 6.16. The fraction of sp³-hybridized carbons (Fsp3) is 0.500. The summed E-state index contributed by atoms with van der Waals surface area (Å²) in [6.45, 7) is 5.33. The van der Waals surface area contributed by atoms with Gasteiger partial charge in [-0.1, -0.05) is 6.58 Å². The van der Waals surface area contributed by atoms with Crippen LogP contribution in [0, 0.1) is 0 Å². The topological polar surface area (TPSA) is 38.8 Å². The molecular weight excluding hydrogens is 134 g/mol. The van der Waals surface area contributed by atoms with Crippen molar-refractivity contribution in [3.63, 3.8) is 0 Å². The molecule has 0 saturated heterocycles. The molecule has 0 aliphatic carbocycles. The number of hydroxylamine groups is 2. The third kappa shape index (κ3) is 2.96. The van der Waals surface area contributed by atoms with Crippen molar-refractivity contribution in [3.8, 4) is 0 Å². The second-order valence-corrected chi connectivity index (χ2v) is 1.47. The zero-order chi connectivity index (χ0) is 7.98. The average Bonchev–Trinajstić information content (AvgIpc) is 1.89. The van der Waals surface area contributed by atoms with Crippen LogP contribution >= 0.6 is 0 Å². The number of carbonyl (C=O) groups is 1. The smallest absolute Gasteiger partial charge is 0.442 e. The molecule has 0 fully saturated rings. The van der Waals surface area contributed by atoms with E-state index in [0.29, 0.717) is 6.61 Å². The van der Waals surface area contributed by atoms with Crippen LogP contribution in [-0.4, -0.2) is 24.8 Å². The minimum absolute atomic E-state index is 0.337. The summed E-state index contributed by atoms with van der Waals surface area (Å²) in [7, 11) is 1.44. The van der Waals surface area contributed by atoms with Gasteiger partial charge >= 0.3 is 6.09 Å². The fourth-order valence-electron chi connectivity index (χ4n) is 0.369. The van der Waals surface area contributed by atoms with Crippen molar-refractivity contribution in [1.82, 2.24) is 5.06 Å². The molecule has 0 rings (SSSR count). The number of hydrogen-bond donors (Lipinski definition) is 0. The quantitative estimate of drug-likeness (QED) is 0.441. The average molecular weight is 145 g/mol. The summed E-state index contributed by atoms with van der Waals surface area (Å²) in [4.78, 5) is 15.2. The predicted molar refractivity (Wildman–Crippen MR) is 36.1 cm³/mol. The van der Waals surface area contributed by atoms with E-state index in [-0.39, 0.29) is 0 Å². The van der Waals surface area contributed by atoms with Gasteiger partial charge in [0.05, 0.1) is 13.7 Å². The molecule has 10 heavy (non-hydrogen) atoms. The number of hydrogen-bond acceptors (Lipinski definition) is 3. The lowest BCUT2D eigenvalue weighted by Crippen LogP contribution is -2.25. The molecule has 0 radical (unpaired) electrons. The Hall–Kier alpha value is -1.19. The van der Waals surface area contributed by atoms with Crippen molar-refractivity contribution in [3.05, 3.63) is 12.8 Å². The lowest BCUT2D eigenvalue weighted by Gasteiger charge is -2.12. The first-order valence-corrected chi connectivity index (χ1v) is 2.90. The second-order valence-electron chi connectivity index (χ2n) is 1.47. The Morgan fingerprint density at radius 3 is 2.80 bits per heavy atom. The van der Waals surface area contributed by atoms with E-state index in [1.165, 1.54) is 7.05 Å². The van der Waals surface area contributed by atoms with E-state index >= 15 is 0 Å². The summed E-state index contributed by atoms with van der Waals surface area (Å²) in [5.74, 6) is 0. The Bertz CT molecular complexity index is 124. The van der Waals surface area contributed by atoms with Gasteiger partial charge in [-0.2, -0.15) is 0 Å². The van der Waals surface area contributed by atoms with Crippen molar-refractivity contribution in [1.29, 1.82) is 0 Å². The Morgan fingerprint density at radius 1 is 1.80 bits per heavy atom. The molecule has 1 amide bonds. The lowest BCUT2D eigenvalue weighted by atomic mass is 10.9. The highest BCUT2D eigenvalue weighted by Gasteiger charge is 2.06. The number of carbonyl (C=O) groups excluding carboxylic acids is 1. The SMILES string of the molecule is C=CON(C)C(=O)OCC. The highest BCUT2D eigenvalue weighted by Crippen LogP contribution is 1.90. The van der Waals surface area contributed by atoms with Crippen LogP contribution in [0.1, 0.15) is 6.92 Å². The lowest BCUT2D eigenvalue weighted by molar-refractivity contribution is -0.0634. The molecule has 0 aliphatic heterocycles. The molecule has 0 aliphatic rings. The molecule has 0 spiro atoms. The van der Waals surface area contributed by atoms with Gasteiger partial charge in [0.15, 0.2) is 0 Å². The third-order valence-corrected chi connectivity index (χ3v) is 0.758. The Morgan fingerprint density at radius 2 is 2.40 bits per heavy atom. The van der Waals surface area contributed by atoms with Crippen LogP contribution in [0.2, 0.25) is 0 Å². The molecule has 4 nitrogen and oxygen atoms in total. The van der Waals surface area contributed by atoms with Crippen LogP contribution in [0.15, 0.2) is 12.8 Å². The largest absolute Gasteiger partial charge is 0.448 e. The summed E-state index contributed by atoms with van der Waals surface area (Å²) in [6.07, 6.45) is 0.624. The minimum atomic E-state index is -0.526. The zero-order valence-electron chi connectivity index (χ0n) is 6.16. The van der Waals surface area contributed by atoms with E-state index in [4.69, 9.17) is 0 Å². The monoisotopic (exact) mass is 145 g/mol. The molecule has 0 heterocycles. The summed E-state index contributed by atoms with van der Waals surface area (Å²) >= 11 is 0. The number of nitrogens with zero attached hydrogens (tertiary/aromatic N) is 1. The van der Waals surface area contributed by atoms with E-state index in [1.54, 1.807) is 6.92 Å². The Kier molecular flexibility index (Phi) is 4.11. The minimum Gasteiger partial charge on any atom is -0.448 e. The maximum absolute atomic E-state index is 10.7. The standard InChI is InChI=1S/C6H11NO3/c1-4-9-6(8)7(3)10-5-2/h5H,2,4H2,1,3H3. The van der Waals surface area contributed by atoms with Gasteiger partial charge < -0.3 is 9.57 Å². The second kappa shape index (κ2) is 4.67. The highest BCUT2D eigenvalue weighted by molar-refractivity contribution is 5.65. The molecule has 0 N–H and O–H groups in total. The van der Waals surface area contributed by atoms with Gasteiger partial charge in [0.2, 0.25) is 0 Å². The summed E-state index contributed by atoms with van der Waals surface area (Å²) < 4.78 is 4.57. The third-order valence-electron chi connectivity index (χ3n) is 0.758. The molecular formula is C6H11NO3. The Balaban J connectivity index is 3.58. The number of ether oxygens (including phenoxy) is 1. The summed E-state index contributed by atoms with van der Waals surface area (Å²) in [5.41, 5.74) is 0. The predicted octanol–water partition coefficient (Wildman–Crippen LogP) is 1.15. The van der Waals surface area contributed by atoms with E-state index < -0.39 is 6.09 Å². The van der Waals surface area contributed by atoms with Crippen LogP contribution < -0.4 is 0 Å². The molecule has 0 atom stereocenters. The van der Waals surface area contributed by atoms with E-state index in [1.807, 2.05) is 0 Å². The van der Waals surface area contributed by atoms with Crippen LogP contribution in [0.5, 0.6) is 0 Å². The highest BCUT2D eigenvalue weighted by atomic mass is 16.7. The van der Waals surface area contributed by atoms with Crippen molar-refractivity contribution in [2.45, 2.75) is 6.92 Å². The van der Waals surface area contributed by atoms with Crippen molar-refractivity contribution < 1.29 is 14.4 Å². The molecule has 58 valence electrons. The van der Waals surface area contributed by atoms with Crippen molar-refractivity contribution in [2.24, 2.45) is 0 Å². The molecule has 0 aromatic heterocycles. The molecule has 0 unspecified atom stereocenters.